The summed E-state index contributed by atoms with van der Waals surface area (Å²) in [7, 11) is -3.79. The molecule has 24 heavy (non-hydrogen) atoms. The smallest absolute Gasteiger partial charge is 0.244 e. The summed E-state index contributed by atoms with van der Waals surface area (Å²) in [6.07, 6.45) is -0.232. The molecule has 0 radical (unpaired) electrons. The monoisotopic (exact) mass is 342 g/mol. The average Bonchev–Trinajstić information content (AvgIpc) is 2.62. The minimum atomic E-state index is -3.79. The van der Waals surface area contributed by atoms with Crippen molar-refractivity contribution >= 4 is 10.0 Å². The van der Waals surface area contributed by atoms with E-state index in [0.717, 1.165) is 5.56 Å². The van der Waals surface area contributed by atoms with Gasteiger partial charge in [-0.2, -0.15) is 9.57 Å². The van der Waals surface area contributed by atoms with E-state index in [2.05, 4.69) is 0 Å². The first kappa shape index (κ1) is 16.7. The van der Waals surface area contributed by atoms with Crippen LogP contribution in [-0.4, -0.2) is 37.0 Å². The first-order chi connectivity index (χ1) is 11.5. The minimum Gasteiger partial charge on any atom is -0.391 e. The third kappa shape index (κ3) is 3.06. The molecule has 1 aliphatic heterocycles. The zero-order valence-corrected chi connectivity index (χ0v) is 13.9. The highest BCUT2D eigenvalue weighted by molar-refractivity contribution is 7.89. The molecule has 1 saturated heterocycles. The van der Waals surface area contributed by atoms with Crippen molar-refractivity contribution in [1.29, 1.82) is 5.26 Å². The van der Waals surface area contributed by atoms with E-state index < -0.39 is 16.1 Å². The Labute approximate surface area is 141 Å². The SMILES string of the molecule is N#Cc1ccccc1S(=O)(=O)N1CC[C@@H](c2ccccc2)[C@H](O)C1. The van der Waals surface area contributed by atoms with Crippen molar-refractivity contribution in [3.8, 4) is 6.07 Å². The van der Waals surface area contributed by atoms with Gasteiger partial charge in [0.15, 0.2) is 0 Å². The van der Waals surface area contributed by atoms with E-state index in [-0.39, 0.29) is 22.9 Å². The Hall–Kier alpha value is -2.20. The Kier molecular flexibility index (Phi) is 4.67. The van der Waals surface area contributed by atoms with E-state index in [1.54, 1.807) is 12.1 Å². The standard InChI is InChI=1S/C18H18N2O3S/c19-12-15-8-4-5-9-18(15)24(22,23)20-11-10-16(17(21)13-20)14-6-2-1-3-7-14/h1-9,16-17,21H,10-11,13H2/t16-,17+/m0/s1. The zero-order valence-electron chi connectivity index (χ0n) is 13.0. The lowest BCUT2D eigenvalue weighted by Crippen LogP contribution is -2.45. The van der Waals surface area contributed by atoms with Crippen molar-refractivity contribution in [3.05, 3.63) is 65.7 Å². The van der Waals surface area contributed by atoms with Crippen LogP contribution in [0.3, 0.4) is 0 Å². The van der Waals surface area contributed by atoms with Gasteiger partial charge >= 0.3 is 0 Å². The molecule has 6 heteroatoms. The number of rotatable bonds is 3. The Balaban J connectivity index is 1.84. The van der Waals surface area contributed by atoms with Crippen LogP contribution in [-0.2, 0) is 10.0 Å². The molecule has 1 heterocycles. The first-order valence-corrected chi connectivity index (χ1v) is 9.20. The summed E-state index contributed by atoms with van der Waals surface area (Å²) in [5.41, 5.74) is 1.14. The second-order valence-electron chi connectivity index (χ2n) is 5.84. The number of nitriles is 1. The fourth-order valence-electron chi connectivity index (χ4n) is 3.13. The van der Waals surface area contributed by atoms with Crippen LogP contribution >= 0.6 is 0 Å². The van der Waals surface area contributed by atoms with E-state index >= 15 is 0 Å². The number of benzene rings is 2. The highest BCUT2D eigenvalue weighted by Crippen LogP contribution is 2.31. The van der Waals surface area contributed by atoms with Crippen molar-refractivity contribution in [2.75, 3.05) is 13.1 Å². The predicted molar refractivity (Wildman–Crippen MR) is 89.7 cm³/mol. The number of hydrogen-bond acceptors (Lipinski definition) is 4. The van der Waals surface area contributed by atoms with Gasteiger partial charge in [-0.05, 0) is 24.1 Å². The molecule has 5 nitrogen and oxygen atoms in total. The lowest BCUT2D eigenvalue weighted by atomic mass is 9.88. The Morgan fingerprint density at radius 2 is 1.75 bits per heavy atom. The molecule has 0 saturated carbocycles. The van der Waals surface area contributed by atoms with Crippen LogP contribution in [0.4, 0.5) is 0 Å². The van der Waals surface area contributed by atoms with Crippen molar-refractivity contribution in [3.63, 3.8) is 0 Å². The topological polar surface area (TPSA) is 81.4 Å². The number of aliphatic hydroxyl groups is 1. The molecule has 1 N–H and O–H groups in total. The van der Waals surface area contributed by atoms with Gasteiger partial charge in [-0.15, -0.1) is 0 Å². The Morgan fingerprint density at radius 1 is 1.08 bits per heavy atom. The maximum Gasteiger partial charge on any atom is 0.244 e. The number of β-amino-alcohol motifs (C(OH)–C–C–N with tert-alkyl or cyclic N) is 1. The van der Waals surface area contributed by atoms with E-state index in [1.807, 2.05) is 36.4 Å². The zero-order chi connectivity index (χ0) is 17.2. The molecule has 2 atom stereocenters. The lowest BCUT2D eigenvalue weighted by Gasteiger charge is -2.35. The van der Waals surface area contributed by atoms with E-state index in [9.17, 15) is 13.5 Å². The van der Waals surface area contributed by atoms with Crippen molar-refractivity contribution in [1.82, 2.24) is 4.31 Å². The molecular weight excluding hydrogens is 324 g/mol. The second kappa shape index (κ2) is 6.73. The van der Waals surface area contributed by atoms with Crippen LogP contribution in [0, 0.1) is 11.3 Å². The number of sulfonamides is 1. The lowest BCUT2D eigenvalue weighted by molar-refractivity contribution is 0.0854. The van der Waals surface area contributed by atoms with Gasteiger partial charge in [-0.25, -0.2) is 8.42 Å². The molecule has 1 fully saturated rings. The summed E-state index contributed by atoms with van der Waals surface area (Å²) in [5, 5.41) is 19.6. The highest BCUT2D eigenvalue weighted by Gasteiger charge is 2.36. The third-order valence-corrected chi connectivity index (χ3v) is 6.32. The van der Waals surface area contributed by atoms with Crippen LogP contribution in [0.5, 0.6) is 0 Å². The molecule has 2 aromatic rings. The summed E-state index contributed by atoms with van der Waals surface area (Å²) in [6, 6.07) is 17.7. The molecule has 3 rings (SSSR count). The molecule has 0 spiro atoms. The van der Waals surface area contributed by atoms with Gasteiger partial charge in [0.2, 0.25) is 10.0 Å². The van der Waals surface area contributed by atoms with Gasteiger partial charge < -0.3 is 5.11 Å². The van der Waals surface area contributed by atoms with Crippen molar-refractivity contribution < 1.29 is 13.5 Å². The Morgan fingerprint density at radius 3 is 2.42 bits per heavy atom. The van der Waals surface area contributed by atoms with Crippen LogP contribution in [0.1, 0.15) is 23.5 Å². The summed E-state index contributed by atoms with van der Waals surface area (Å²) in [4.78, 5) is -0.00198. The average molecular weight is 342 g/mol. The summed E-state index contributed by atoms with van der Waals surface area (Å²) < 4.78 is 26.9. The first-order valence-electron chi connectivity index (χ1n) is 7.76. The number of aliphatic hydroxyl groups excluding tert-OH is 1. The summed E-state index contributed by atoms with van der Waals surface area (Å²) in [6.45, 7) is 0.348. The maximum atomic E-state index is 12.8. The van der Waals surface area contributed by atoms with Gasteiger partial charge in [-0.1, -0.05) is 42.5 Å². The van der Waals surface area contributed by atoms with Gasteiger partial charge in [0, 0.05) is 19.0 Å². The van der Waals surface area contributed by atoms with Gasteiger partial charge in [0.1, 0.15) is 6.07 Å². The highest BCUT2D eigenvalue weighted by atomic mass is 32.2. The van der Waals surface area contributed by atoms with Gasteiger partial charge in [0.05, 0.1) is 16.6 Å². The van der Waals surface area contributed by atoms with Crippen LogP contribution in [0.25, 0.3) is 0 Å². The Bertz CT molecular complexity index is 859. The van der Waals surface area contributed by atoms with Crippen molar-refractivity contribution in [2.24, 2.45) is 0 Å². The van der Waals surface area contributed by atoms with Crippen LogP contribution in [0.2, 0.25) is 0 Å². The summed E-state index contributed by atoms with van der Waals surface area (Å²) >= 11 is 0. The van der Waals surface area contributed by atoms with E-state index in [4.69, 9.17) is 5.26 Å². The number of piperidine rings is 1. The van der Waals surface area contributed by atoms with Crippen LogP contribution < -0.4 is 0 Å². The largest absolute Gasteiger partial charge is 0.391 e. The molecule has 0 amide bonds. The number of hydrogen-bond donors (Lipinski definition) is 1. The molecule has 124 valence electrons. The molecule has 0 unspecified atom stereocenters. The third-order valence-electron chi connectivity index (χ3n) is 4.40. The quantitative estimate of drug-likeness (QED) is 0.926. The normalized spacial score (nSPS) is 22.0. The van der Waals surface area contributed by atoms with Gasteiger partial charge in [-0.3, -0.25) is 0 Å². The van der Waals surface area contributed by atoms with E-state index in [0.29, 0.717) is 13.0 Å². The molecule has 0 aliphatic carbocycles. The van der Waals surface area contributed by atoms with Gasteiger partial charge in [0.25, 0.3) is 0 Å². The maximum absolute atomic E-state index is 12.8. The molecular formula is C18H18N2O3S. The molecule has 0 aromatic heterocycles. The number of nitrogens with zero attached hydrogens (tertiary/aromatic N) is 2. The molecule has 1 aliphatic rings. The fraction of sp³-hybridized carbons (Fsp3) is 0.278. The van der Waals surface area contributed by atoms with Crippen molar-refractivity contribution in [2.45, 2.75) is 23.3 Å². The minimum absolute atomic E-state index is 0.00198. The van der Waals surface area contributed by atoms with Crippen LogP contribution in [0.15, 0.2) is 59.5 Å². The fourth-order valence-corrected chi connectivity index (χ4v) is 4.75. The van der Waals surface area contributed by atoms with E-state index in [1.165, 1.54) is 16.4 Å². The molecule has 2 aromatic carbocycles. The second-order valence-corrected chi connectivity index (χ2v) is 7.75. The molecule has 0 bridgehead atoms. The summed E-state index contributed by atoms with van der Waals surface area (Å²) in [5.74, 6) is -0.0798. The predicted octanol–water partition coefficient (Wildman–Crippen LogP) is 2.10.